The van der Waals surface area contributed by atoms with Crippen LogP contribution in [0.2, 0.25) is 0 Å². The molecule has 23 heavy (non-hydrogen) atoms. The van der Waals surface area contributed by atoms with E-state index in [1.54, 1.807) is 4.90 Å². The predicted octanol–water partition coefficient (Wildman–Crippen LogP) is 0.775. The molecule has 1 heterocycles. The number of carbonyl (C=O) groups is 3. The zero-order chi connectivity index (χ0) is 16.7. The second-order valence-electron chi connectivity index (χ2n) is 6.42. The van der Waals surface area contributed by atoms with Crippen molar-refractivity contribution >= 4 is 17.8 Å². The third-order valence-electron chi connectivity index (χ3n) is 4.53. The predicted molar refractivity (Wildman–Crippen MR) is 82.8 cm³/mol. The number of carboxylic acids is 1. The van der Waals surface area contributed by atoms with E-state index >= 15 is 0 Å². The fraction of sp³-hybridized carbons (Fsp3) is 0.812. The summed E-state index contributed by atoms with van der Waals surface area (Å²) >= 11 is 0. The summed E-state index contributed by atoms with van der Waals surface area (Å²) in [6.07, 6.45) is 5.75. The maximum atomic E-state index is 12.1. The van der Waals surface area contributed by atoms with Crippen molar-refractivity contribution in [2.45, 2.75) is 51.0 Å². The lowest BCUT2D eigenvalue weighted by atomic mass is 9.87. The molecule has 0 aromatic carbocycles. The number of amides is 2. The van der Waals surface area contributed by atoms with Gasteiger partial charge in [0.15, 0.2) is 0 Å². The molecule has 130 valence electrons. The van der Waals surface area contributed by atoms with Gasteiger partial charge in [0.1, 0.15) is 0 Å². The van der Waals surface area contributed by atoms with Gasteiger partial charge in [-0.05, 0) is 18.8 Å². The van der Waals surface area contributed by atoms with E-state index in [-0.39, 0.29) is 31.3 Å². The van der Waals surface area contributed by atoms with E-state index in [4.69, 9.17) is 9.84 Å². The summed E-state index contributed by atoms with van der Waals surface area (Å²) in [5.74, 6) is -0.742. The maximum Gasteiger partial charge on any atom is 0.306 e. The molecule has 0 spiro atoms. The van der Waals surface area contributed by atoms with Gasteiger partial charge < -0.3 is 20.1 Å². The van der Waals surface area contributed by atoms with Gasteiger partial charge in [-0.3, -0.25) is 14.4 Å². The summed E-state index contributed by atoms with van der Waals surface area (Å²) in [5.41, 5.74) is 0. The van der Waals surface area contributed by atoms with Crippen LogP contribution in [0.15, 0.2) is 0 Å². The molecule has 1 atom stereocenters. The molecular weight excluding hydrogens is 300 g/mol. The molecule has 0 radical (unpaired) electrons. The van der Waals surface area contributed by atoms with Gasteiger partial charge in [-0.2, -0.15) is 0 Å². The second-order valence-corrected chi connectivity index (χ2v) is 6.42. The molecule has 1 saturated carbocycles. The van der Waals surface area contributed by atoms with Crippen molar-refractivity contribution in [1.29, 1.82) is 0 Å². The first kappa shape index (κ1) is 17.7. The minimum Gasteiger partial charge on any atom is -0.481 e. The molecule has 1 saturated heterocycles. The lowest BCUT2D eigenvalue weighted by molar-refractivity contribution is -0.147. The van der Waals surface area contributed by atoms with Crippen LogP contribution in [0.5, 0.6) is 0 Å². The van der Waals surface area contributed by atoms with Crippen molar-refractivity contribution in [3.05, 3.63) is 0 Å². The molecule has 1 aliphatic heterocycles. The van der Waals surface area contributed by atoms with Crippen LogP contribution in [0.3, 0.4) is 0 Å². The Morgan fingerprint density at radius 1 is 1.13 bits per heavy atom. The Bertz CT molecular complexity index is 434. The summed E-state index contributed by atoms with van der Waals surface area (Å²) < 4.78 is 5.33. The van der Waals surface area contributed by atoms with Gasteiger partial charge in [-0.1, -0.05) is 19.3 Å². The van der Waals surface area contributed by atoms with Crippen LogP contribution in [0.1, 0.15) is 44.9 Å². The largest absolute Gasteiger partial charge is 0.481 e. The number of rotatable bonds is 6. The molecule has 0 aromatic heterocycles. The van der Waals surface area contributed by atoms with Crippen molar-refractivity contribution in [2.24, 2.45) is 5.92 Å². The highest BCUT2D eigenvalue weighted by Gasteiger charge is 2.26. The van der Waals surface area contributed by atoms with Crippen molar-refractivity contribution in [1.82, 2.24) is 10.2 Å². The minimum absolute atomic E-state index is 0.0225. The van der Waals surface area contributed by atoms with E-state index < -0.39 is 12.1 Å². The number of carboxylic acid groups (broad SMARTS) is 1. The van der Waals surface area contributed by atoms with Crippen molar-refractivity contribution < 1.29 is 24.2 Å². The summed E-state index contributed by atoms with van der Waals surface area (Å²) in [6.45, 7) is 1.02. The number of aliphatic carboxylic acids is 1. The monoisotopic (exact) mass is 326 g/mol. The first-order valence-corrected chi connectivity index (χ1v) is 8.42. The molecule has 2 amide bonds. The van der Waals surface area contributed by atoms with Gasteiger partial charge in [0.2, 0.25) is 11.8 Å². The fourth-order valence-corrected chi connectivity index (χ4v) is 3.28. The molecule has 2 N–H and O–H groups in total. The van der Waals surface area contributed by atoms with Crippen LogP contribution in [0.4, 0.5) is 0 Å². The molecule has 2 rings (SSSR count). The number of ether oxygens (including phenoxy) is 1. The Labute approximate surface area is 136 Å². The molecule has 7 heteroatoms. The molecule has 0 bridgehead atoms. The van der Waals surface area contributed by atoms with Crippen LogP contribution < -0.4 is 5.32 Å². The second kappa shape index (κ2) is 8.86. The Hall–Kier alpha value is -1.63. The Morgan fingerprint density at radius 3 is 2.57 bits per heavy atom. The van der Waals surface area contributed by atoms with Gasteiger partial charge in [0, 0.05) is 19.5 Å². The van der Waals surface area contributed by atoms with E-state index in [1.165, 1.54) is 19.3 Å². The summed E-state index contributed by atoms with van der Waals surface area (Å²) in [5, 5.41) is 11.5. The SMILES string of the molecule is O=C(O)CC1CN(C(=O)CNC(=O)CC2CCCCC2)CCO1. The quantitative estimate of drug-likeness (QED) is 0.752. The lowest BCUT2D eigenvalue weighted by Crippen LogP contribution is -2.49. The summed E-state index contributed by atoms with van der Waals surface area (Å²) in [7, 11) is 0. The number of hydrogen-bond acceptors (Lipinski definition) is 4. The van der Waals surface area contributed by atoms with E-state index in [1.807, 2.05) is 0 Å². The van der Waals surface area contributed by atoms with E-state index in [9.17, 15) is 14.4 Å². The molecule has 1 aliphatic carbocycles. The highest BCUT2D eigenvalue weighted by molar-refractivity contribution is 5.85. The Kier molecular flexibility index (Phi) is 6.83. The Balaban J connectivity index is 1.68. The normalized spacial score (nSPS) is 22.6. The third-order valence-corrected chi connectivity index (χ3v) is 4.53. The standard InChI is InChI=1S/C16H26N2O5/c19-14(8-12-4-2-1-3-5-12)17-10-15(20)18-6-7-23-13(11-18)9-16(21)22/h12-13H,1-11H2,(H,17,19)(H,21,22). The van der Waals surface area contributed by atoms with Gasteiger partial charge in [0.25, 0.3) is 0 Å². The highest BCUT2D eigenvalue weighted by atomic mass is 16.5. The molecular formula is C16H26N2O5. The Morgan fingerprint density at radius 2 is 1.87 bits per heavy atom. The van der Waals surface area contributed by atoms with Crippen LogP contribution in [0, 0.1) is 5.92 Å². The molecule has 1 unspecified atom stereocenters. The molecule has 0 aromatic rings. The first-order valence-electron chi connectivity index (χ1n) is 8.42. The molecule has 2 aliphatic rings. The zero-order valence-electron chi connectivity index (χ0n) is 13.5. The van der Waals surface area contributed by atoms with E-state index in [0.717, 1.165) is 12.8 Å². The van der Waals surface area contributed by atoms with Crippen molar-refractivity contribution in [2.75, 3.05) is 26.2 Å². The van der Waals surface area contributed by atoms with Crippen LogP contribution >= 0.6 is 0 Å². The van der Waals surface area contributed by atoms with Gasteiger partial charge >= 0.3 is 5.97 Å². The van der Waals surface area contributed by atoms with Crippen LogP contribution in [-0.4, -0.2) is 60.1 Å². The topological polar surface area (TPSA) is 95.9 Å². The van der Waals surface area contributed by atoms with Crippen molar-refractivity contribution in [3.8, 4) is 0 Å². The smallest absolute Gasteiger partial charge is 0.306 e. The lowest BCUT2D eigenvalue weighted by Gasteiger charge is -2.32. The van der Waals surface area contributed by atoms with Gasteiger partial charge in [0.05, 0.1) is 25.7 Å². The zero-order valence-corrected chi connectivity index (χ0v) is 13.5. The fourth-order valence-electron chi connectivity index (χ4n) is 3.28. The number of morpholine rings is 1. The maximum absolute atomic E-state index is 12.1. The molecule has 2 fully saturated rings. The number of nitrogens with zero attached hydrogens (tertiary/aromatic N) is 1. The number of nitrogens with one attached hydrogen (secondary N) is 1. The molecule has 7 nitrogen and oxygen atoms in total. The van der Waals surface area contributed by atoms with Crippen LogP contribution in [0.25, 0.3) is 0 Å². The summed E-state index contributed by atoms with van der Waals surface area (Å²) in [6, 6.07) is 0. The van der Waals surface area contributed by atoms with Gasteiger partial charge in [-0.25, -0.2) is 0 Å². The average Bonchev–Trinajstić information content (AvgIpc) is 2.53. The minimum atomic E-state index is -0.940. The first-order chi connectivity index (χ1) is 11.0. The highest BCUT2D eigenvalue weighted by Crippen LogP contribution is 2.25. The van der Waals surface area contributed by atoms with Gasteiger partial charge in [-0.15, -0.1) is 0 Å². The number of hydrogen-bond donors (Lipinski definition) is 2. The number of carbonyl (C=O) groups excluding carboxylic acids is 2. The van der Waals surface area contributed by atoms with Crippen molar-refractivity contribution in [3.63, 3.8) is 0 Å². The average molecular weight is 326 g/mol. The van der Waals surface area contributed by atoms with E-state index in [2.05, 4.69) is 5.32 Å². The van der Waals surface area contributed by atoms with Crippen LogP contribution in [-0.2, 0) is 19.1 Å². The summed E-state index contributed by atoms with van der Waals surface area (Å²) in [4.78, 5) is 36.3. The third kappa shape index (κ3) is 6.17. The van der Waals surface area contributed by atoms with E-state index in [0.29, 0.717) is 25.5 Å².